The van der Waals surface area contributed by atoms with Crippen LogP contribution in [0.5, 0.6) is 11.5 Å². The molecule has 28 heavy (non-hydrogen) atoms. The first-order chi connectivity index (χ1) is 13.6. The monoisotopic (exact) mass is 397 g/mol. The molecule has 0 unspecified atom stereocenters. The molecule has 2 aromatic carbocycles. The molecule has 146 valence electrons. The number of aryl methyl sites for hydroxylation is 2. The van der Waals surface area contributed by atoms with E-state index in [0.29, 0.717) is 18.9 Å². The van der Waals surface area contributed by atoms with Crippen molar-refractivity contribution < 1.29 is 19.0 Å². The predicted octanol–water partition coefficient (Wildman–Crippen LogP) is 4.50. The summed E-state index contributed by atoms with van der Waals surface area (Å²) in [6, 6.07) is 15.6. The minimum absolute atomic E-state index is 0.144. The normalized spacial score (nSPS) is 10.5. The van der Waals surface area contributed by atoms with E-state index in [1.54, 1.807) is 0 Å². The third-order valence-corrected chi connectivity index (χ3v) is 4.78. The molecule has 0 radical (unpaired) electrons. The molecule has 0 aliphatic rings. The highest BCUT2D eigenvalue weighted by atomic mass is 32.1. The van der Waals surface area contributed by atoms with E-state index < -0.39 is 0 Å². The molecule has 0 bridgehead atoms. The molecule has 0 atom stereocenters. The van der Waals surface area contributed by atoms with Crippen molar-refractivity contribution in [3.05, 3.63) is 75.7 Å². The molecular formula is C22H23NO4S. The van der Waals surface area contributed by atoms with Gasteiger partial charge in [0.25, 0.3) is 0 Å². The van der Waals surface area contributed by atoms with Crippen LogP contribution in [0.25, 0.3) is 0 Å². The summed E-state index contributed by atoms with van der Waals surface area (Å²) in [5, 5.41) is 2.68. The largest absolute Gasteiger partial charge is 0.490 e. The maximum Gasteiger partial charge on any atom is 0.312 e. The summed E-state index contributed by atoms with van der Waals surface area (Å²) < 4.78 is 16.5. The molecule has 5 nitrogen and oxygen atoms in total. The lowest BCUT2D eigenvalue weighted by molar-refractivity contribution is -0.143. The van der Waals surface area contributed by atoms with Crippen molar-refractivity contribution in [2.45, 2.75) is 26.9 Å². The van der Waals surface area contributed by atoms with E-state index in [0.717, 1.165) is 22.1 Å². The first-order valence-electron chi connectivity index (χ1n) is 9.06. The number of ether oxygens (including phenoxy) is 3. The third-order valence-electron chi connectivity index (χ3n) is 3.91. The van der Waals surface area contributed by atoms with Crippen LogP contribution in [0.2, 0.25) is 0 Å². The van der Waals surface area contributed by atoms with Crippen LogP contribution in [0.15, 0.2) is 53.9 Å². The van der Waals surface area contributed by atoms with Gasteiger partial charge in [-0.25, -0.2) is 4.98 Å². The Balaban J connectivity index is 1.37. The molecule has 3 aromatic rings. The van der Waals surface area contributed by atoms with E-state index in [9.17, 15) is 4.79 Å². The number of esters is 1. The number of hydrogen-bond acceptors (Lipinski definition) is 6. The summed E-state index contributed by atoms with van der Waals surface area (Å²) in [7, 11) is 0. The third kappa shape index (κ3) is 6.39. The minimum Gasteiger partial charge on any atom is -0.490 e. The van der Waals surface area contributed by atoms with Gasteiger partial charge in [-0.15, -0.1) is 11.3 Å². The molecule has 0 spiro atoms. The molecule has 1 aromatic heterocycles. The van der Waals surface area contributed by atoms with Crippen molar-refractivity contribution in [2.75, 3.05) is 13.2 Å². The Kier molecular flexibility index (Phi) is 7.03. The highest BCUT2D eigenvalue weighted by Gasteiger charge is 2.09. The highest BCUT2D eigenvalue weighted by molar-refractivity contribution is 7.09. The molecule has 0 fully saturated rings. The number of aromatic nitrogens is 1. The van der Waals surface area contributed by atoms with Crippen LogP contribution in [-0.4, -0.2) is 24.2 Å². The smallest absolute Gasteiger partial charge is 0.312 e. The Labute approximate surface area is 168 Å². The van der Waals surface area contributed by atoms with Crippen molar-refractivity contribution in [3.8, 4) is 11.5 Å². The van der Waals surface area contributed by atoms with Crippen molar-refractivity contribution in [2.24, 2.45) is 0 Å². The minimum atomic E-state index is -0.316. The molecule has 3 rings (SSSR count). The van der Waals surface area contributed by atoms with Gasteiger partial charge in [0, 0.05) is 5.38 Å². The van der Waals surface area contributed by atoms with Gasteiger partial charge in [0.15, 0.2) is 0 Å². The maximum atomic E-state index is 12.0. The summed E-state index contributed by atoms with van der Waals surface area (Å²) in [6.07, 6.45) is 0.144. The zero-order valence-corrected chi connectivity index (χ0v) is 16.8. The van der Waals surface area contributed by atoms with Gasteiger partial charge in [0.2, 0.25) is 0 Å². The van der Waals surface area contributed by atoms with Gasteiger partial charge in [0.1, 0.15) is 36.3 Å². The van der Waals surface area contributed by atoms with Crippen LogP contribution < -0.4 is 9.47 Å². The molecular weight excluding hydrogens is 374 g/mol. The van der Waals surface area contributed by atoms with Crippen molar-refractivity contribution >= 4 is 17.3 Å². The van der Waals surface area contributed by atoms with Gasteiger partial charge in [-0.1, -0.05) is 29.8 Å². The topological polar surface area (TPSA) is 57.7 Å². The molecule has 0 saturated carbocycles. The van der Waals surface area contributed by atoms with E-state index in [4.69, 9.17) is 14.2 Å². The second-order valence-corrected chi connectivity index (χ2v) is 7.34. The van der Waals surface area contributed by atoms with Crippen LogP contribution in [0.4, 0.5) is 0 Å². The second-order valence-electron chi connectivity index (χ2n) is 6.40. The number of nitrogens with zero attached hydrogens (tertiary/aromatic N) is 1. The molecule has 0 aliphatic carbocycles. The van der Waals surface area contributed by atoms with E-state index >= 15 is 0 Å². The van der Waals surface area contributed by atoms with Crippen LogP contribution in [0, 0.1) is 13.8 Å². The highest BCUT2D eigenvalue weighted by Crippen LogP contribution is 2.17. The van der Waals surface area contributed by atoms with Gasteiger partial charge in [-0.05, 0) is 43.7 Å². The molecule has 0 N–H and O–H groups in total. The lowest BCUT2D eigenvalue weighted by Gasteiger charge is -2.07. The zero-order chi connectivity index (χ0) is 19.8. The number of benzene rings is 2. The Bertz CT molecular complexity index is 905. The number of thiazole rings is 1. The first-order valence-corrected chi connectivity index (χ1v) is 9.94. The van der Waals surface area contributed by atoms with Crippen LogP contribution in [0.3, 0.4) is 0 Å². The van der Waals surface area contributed by atoms with Crippen molar-refractivity contribution in [3.63, 3.8) is 0 Å². The second kappa shape index (κ2) is 9.90. The molecule has 0 aliphatic heterocycles. The van der Waals surface area contributed by atoms with E-state index in [1.807, 2.05) is 67.8 Å². The number of carbonyl (C=O) groups excluding carboxylic acids is 1. The van der Waals surface area contributed by atoms with Gasteiger partial charge < -0.3 is 14.2 Å². The summed E-state index contributed by atoms with van der Waals surface area (Å²) in [4.78, 5) is 16.4. The van der Waals surface area contributed by atoms with Gasteiger partial charge in [0.05, 0.1) is 12.1 Å². The fourth-order valence-corrected chi connectivity index (χ4v) is 3.20. The Morgan fingerprint density at radius 2 is 1.79 bits per heavy atom. The average Bonchev–Trinajstić information content (AvgIpc) is 3.12. The van der Waals surface area contributed by atoms with Crippen LogP contribution in [0.1, 0.15) is 21.8 Å². The molecule has 1 heterocycles. The van der Waals surface area contributed by atoms with Crippen molar-refractivity contribution in [1.82, 2.24) is 4.98 Å². The van der Waals surface area contributed by atoms with E-state index in [1.165, 1.54) is 16.9 Å². The SMILES string of the molecule is Cc1ccc(OCc2nc(CC(=O)OCCOc3cccc(C)c3)cs2)cc1. The first kappa shape index (κ1) is 19.9. The predicted molar refractivity (Wildman–Crippen MR) is 109 cm³/mol. The van der Waals surface area contributed by atoms with Gasteiger partial charge >= 0.3 is 5.97 Å². The zero-order valence-electron chi connectivity index (χ0n) is 16.0. The Morgan fingerprint density at radius 1 is 0.964 bits per heavy atom. The Morgan fingerprint density at radius 3 is 2.57 bits per heavy atom. The average molecular weight is 397 g/mol. The molecule has 0 saturated heterocycles. The lowest BCUT2D eigenvalue weighted by atomic mass is 10.2. The number of carbonyl (C=O) groups is 1. The molecule has 6 heteroatoms. The maximum absolute atomic E-state index is 12.0. The summed E-state index contributed by atoms with van der Waals surface area (Å²) in [5.74, 6) is 1.26. The molecule has 0 amide bonds. The number of rotatable bonds is 9. The van der Waals surface area contributed by atoms with Gasteiger partial charge in [-0.2, -0.15) is 0 Å². The van der Waals surface area contributed by atoms with Crippen molar-refractivity contribution in [1.29, 1.82) is 0 Å². The summed E-state index contributed by atoms with van der Waals surface area (Å²) >= 11 is 1.47. The summed E-state index contributed by atoms with van der Waals surface area (Å²) in [5.41, 5.74) is 3.00. The fourth-order valence-electron chi connectivity index (χ4n) is 2.50. The Hall–Kier alpha value is -2.86. The van der Waals surface area contributed by atoms with E-state index in [-0.39, 0.29) is 19.0 Å². The van der Waals surface area contributed by atoms with Crippen LogP contribution >= 0.6 is 11.3 Å². The van der Waals surface area contributed by atoms with Crippen LogP contribution in [-0.2, 0) is 22.6 Å². The summed E-state index contributed by atoms with van der Waals surface area (Å²) in [6.45, 7) is 4.95. The van der Waals surface area contributed by atoms with Gasteiger partial charge in [-0.3, -0.25) is 4.79 Å². The lowest BCUT2D eigenvalue weighted by Crippen LogP contribution is -2.14. The fraction of sp³-hybridized carbons (Fsp3) is 0.273. The van der Waals surface area contributed by atoms with E-state index in [2.05, 4.69) is 4.98 Å². The standard InChI is InChI=1S/C22H23NO4S/c1-16-6-8-19(9-7-16)27-14-21-23-18(15-28-21)13-22(24)26-11-10-25-20-5-3-4-17(2)12-20/h3-9,12,15H,10-11,13-14H2,1-2H3. The quantitative estimate of drug-likeness (QED) is 0.393. The number of hydrogen-bond donors (Lipinski definition) is 0.